The fraction of sp³-hybridized carbons (Fsp3) is 0.176. The van der Waals surface area contributed by atoms with Crippen molar-refractivity contribution in [3.05, 3.63) is 58.9 Å². The Bertz CT molecular complexity index is 1010. The Balaban J connectivity index is 1.69. The van der Waals surface area contributed by atoms with Gasteiger partial charge < -0.3 is 5.32 Å². The van der Waals surface area contributed by atoms with E-state index >= 15 is 0 Å². The molecule has 0 fully saturated rings. The molecular formula is C17H14F3N5OS. The van der Waals surface area contributed by atoms with Crippen LogP contribution < -0.4 is 5.32 Å². The molecule has 0 atom stereocenters. The Hall–Kier alpha value is -2.88. The molecule has 0 radical (unpaired) electrons. The van der Waals surface area contributed by atoms with Crippen LogP contribution in [0, 0.1) is 31.3 Å². The molecule has 2 aromatic carbocycles. The maximum atomic E-state index is 13.6. The number of rotatable bonds is 5. The van der Waals surface area contributed by atoms with Gasteiger partial charge in [-0.1, -0.05) is 17.8 Å². The number of carbonyl (C=O) groups is 1. The van der Waals surface area contributed by atoms with Crippen LogP contribution in [-0.2, 0) is 4.79 Å². The summed E-state index contributed by atoms with van der Waals surface area (Å²) in [5, 5.41) is 13.9. The number of anilines is 1. The van der Waals surface area contributed by atoms with E-state index in [9.17, 15) is 18.0 Å². The lowest BCUT2D eigenvalue weighted by molar-refractivity contribution is -0.113. The summed E-state index contributed by atoms with van der Waals surface area (Å²) < 4.78 is 41.2. The summed E-state index contributed by atoms with van der Waals surface area (Å²) in [7, 11) is 0. The van der Waals surface area contributed by atoms with Gasteiger partial charge in [-0.15, -0.1) is 5.10 Å². The van der Waals surface area contributed by atoms with Crippen LogP contribution in [0.3, 0.4) is 0 Å². The molecule has 0 saturated carbocycles. The number of aryl methyl sites for hydroxylation is 2. The lowest BCUT2D eigenvalue weighted by Gasteiger charge is -2.08. The summed E-state index contributed by atoms with van der Waals surface area (Å²) in [6.07, 6.45) is 0. The standard InChI is InChI=1S/C17H14F3N5OS/c1-9-3-4-11(7-10(9)2)25-17(22-23-24-25)27-8-14(26)21-13-6-5-12(18)15(19)16(13)20/h3-7H,8H2,1-2H3,(H,21,26). The van der Waals surface area contributed by atoms with E-state index in [0.29, 0.717) is 5.16 Å². The maximum absolute atomic E-state index is 13.6. The highest BCUT2D eigenvalue weighted by Gasteiger charge is 2.17. The number of hydrogen-bond donors (Lipinski definition) is 1. The minimum Gasteiger partial charge on any atom is -0.323 e. The van der Waals surface area contributed by atoms with Crippen molar-refractivity contribution in [1.82, 2.24) is 20.2 Å². The minimum atomic E-state index is -1.64. The largest absolute Gasteiger partial charge is 0.323 e. The van der Waals surface area contributed by atoms with E-state index in [2.05, 4.69) is 20.8 Å². The number of amides is 1. The molecule has 1 heterocycles. The predicted molar refractivity (Wildman–Crippen MR) is 94.3 cm³/mol. The fourth-order valence-electron chi connectivity index (χ4n) is 2.23. The topological polar surface area (TPSA) is 72.7 Å². The minimum absolute atomic E-state index is 0.149. The number of hydrogen-bond acceptors (Lipinski definition) is 5. The molecule has 0 aliphatic rings. The monoisotopic (exact) mass is 393 g/mol. The van der Waals surface area contributed by atoms with E-state index in [0.717, 1.165) is 40.7 Å². The zero-order valence-electron chi connectivity index (χ0n) is 14.3. The number of carbonyl (C=O) groups excluding carboxylic acids is 1. The van der Waals surface area contributed by atoms with Crippen molar-refractivity contribution in [2.75, 3.05) is 11.1 Å². The highest BCUT2D eigenvalue weighted by Crippen LogP contribution is 2.22. The van der Waals surface area contributed by atoms with Crippen molar-refractivity contribution in [2.24, 2.45) is 0 Å². The average molecular weight is 393 g/mol. The molecule has 0 saturated heterocycles. The highest BCUT2D eigenvalue weighted by atomic mass is 32.2. The van der Waals surface area contributed by atoms with Gasteiger partial charge in [-0.2, -0.15) is 4.68 Å². The maximum Gasteiger partial charge on any atom is 0.234 e. The van der Waals surface area contributed by atoms with Crippen LogP contribution in [0.1, 0.15) is 11.1 Å². The fourth-order valence-corrected chi connectivity index (χ4v) is 2.92. The second-order valence-electron chi connectivity index (χ2n) is 5.70. The predicted octanol–water partition coefficient (Wildman–Crippen LogP) is 3.43. The van der Waals surface area contributed by atoms with Crippen molar-refractivity contribution >= 4 is 23.4 Å². The Morgan fingerprint density at radius 2 is 1.89 bits per heavy atom. The molecule has 6 nitrogen and oxygen atoms in total. The van der Waals surface area contributed by atoms with Gasteiger partial charge in [0.25, 0.3) is 0 Å². The number of thioether (sulfide) groups is 1. The van der Waals surface area contributed by atoms with Gasteiger partial charge in [0.1, 0.15) is 0 Å². The summed E-state index contributed by atoms with van der Waals surface area (Å²) in [4.78, 5) is 12.0. The normalized spacial score (nSPS) is 10.9. The Morgan fingerprint density at radius 3 is 2.63 bits per heavy atom. The van der Waals surface area contributed by atoms with Gasteiger partial charge in [0.15, 0.2) is 17.5 Å². The molecule has 140 valence electrons. The summed E-state index contributed by atoms with van der Waals surface area (Å²) >= 11 is 1.02. The zero-order valence-corrected chi connectivity index (χ0v) is 15.1. The van der Waals surface area contributed by atoms with Crippen LogP contribution in [0.15, 0.2) is 35.5 Å². The SMILES string of the molecule is Cc1ccc(-n2nnnc2SCC(=O)Nc2ccc(F)c(F)c2F)cc1C. The number of benzene rings is 2. The lowest BCUT2D eigenvalue weighted by atomic mass is 10.1. The summed E-state index contributed by atoms with van der Waals surface area (Å²) in [5.74, 6) is -5.18. The van der Waals surface area contributed by atoms with Crippen LogP contribution in [0.2, 0.25) is 0 Å². The number of aromatic nitrogens is 4. The van der Waals surface area contributed by atoms with Crippen molar-refractivity contribution in [3.63, 3.8) is 0 Å². The van der Waals surface area contributed by atoms with Crippen LogP contribution in [-0.4, -0.2) is 31.9 Å². The van der Waals surface area contributed by atoms with E-state index < -0.39 is 29.0 Å². The number of tetrazole rings is 1. The molecule has 0 aliphatic carbocycles. The number of nitrogens with one attached hydrogen (secondary N) is 1. The zero-order chi connectivity index (χ0) is 19.6. The highest BCUT2D eigenvalue weighted by molar-refractivity contribution is 7.99. The van der Waals surface area contributed by atoms with Gasteiger partial charge >= 0.3 is 0 Å². The smallest absolute Gasteiger partial charge is 0.234 e. The van der Waals surface area contributed by atoms with Crippen LogP contribution in [0.5, 0.6) is 0 Å². The molecular weight excluding hydrogens is 379 g/mol. The first kappa shape index (κ1) is 18.9. The molecule has 1 N–H and O–H groups in total. The summed E-state index contributed by atoms with van der Waals surface area (Å²) in [6.45, 7) is 3.94. The lowest BCUT2D eigenvalue weighted by Crippen LogP contribution is -2.16. The van der Waals surface area contributed by atoms with Crippen molar-refractivity contribution in [2.45, 2.75) is 19.0 Å². The molecule has 0 unspecified atom stereocenters. The van der Waals surface area contributed by atoms with E-state index in [1.807, 2.05) is 32.0 Å². The third-order valence-corrected chi connectivity index (χ3v) is 4.74. The number of nitrogens with zero attached hydrogens (tertiary/aromatic N) is 4. The van der Waals surface area contributed by atoms with Crippen molar-refractivity contribution in [1.29, 1.82) is 0 Å². The summed E-state index contributed by atoms with van der Waals surface area (Å²) in [5.41, 5.74) is 2.48. The van der Waals surface area contributed by atoms with Crippen LogP contribution in [0.25, 0.3) is 5.69 Å². The first-order valence-electron chi connectivity index (χ1n) is 7.79. The van der Waals surface area contributed by atoms with Crippen LogP contribution >= 0.6 is 11.8 Å². The van der Waals surface area contributed by atoms with Crippen molar-refractivity contribution < 1.29 is 18.0 Å². The molecule has 1 amide bonds. The molecule has 10 heteroatoms. The van der Waals surface area contributed by atoms with Crippen molar-refractivity contribution in [3.8, 4) is 5.69 Å². The van der Waals surface area contributed by atoms with Gasteiger partial charge in [0, 0.05) is 0 Å². The van der Waals surface area contributed by atoms with E-state index in [-0.39, 0.29) is 5.75 Å². The first-order chi connectivity index (χ1) is 12.9. The second kappa shape index (κ2) is 7.78. The van der Waals surface area contributed by atoms with Gasteiger partial charge in [-0.3, -0.25) is 4.79 Å². The molecule has 0 aliphatic heterocycles. The van der Waals surface area contributed by atoms with Crippen LogP contribution in [0.4, 0.5) is 18.9 Å². The Labute approximate surface area is 156 Å². The molecule has 3 aromatic rings. The van der Waals surface area contributed by atoms with Gasteiger partial charge in [0.05, 0.1) is 17.1 Å². The Kier molecular flexibility index (Phi) is 5.45. The van der Waals surface area contributed by atoms with E-state index in [4.69, 9.17) is 0 Å². The first-order valence-corrected chi connectivity index (χ1v) is 8.77. The van der Waals surface area contributed by atoms with Gasteiger partial charge in [-0.25, -0.2) is 13.2 Å². The molecule has 0 bridgehead atoms. The average Bonchev–Trinajstić information content (AvgIpc) is 3.11. The summed E-state index contributed by atoms with van der Waals surface area (Å²) in [6, 6.07) is 7.38. The van der Waals surface area contributed by atoms with Gasteiger partial charge in [0.2, 0.25) is 11.1 Å². The second-order valence-corrected chi connectivity index (χ2v) is 6.64. The number of halogens is 3. The third-order valence-electron chi connectivity index (χ3n) is 3.82. The van der Waals surface area contributed by atoms with Gasteiger partial charge in [-0.05, 0) is 59.7 Å². The Morgan fingerprint density at radius 1 is 1.11 bits per heavy atom. The van der Waals surface area contributed by atoms with E-state index in [1.54, 1.807) is 0 Å². The quantitative estimate of drug-likeness (QED) is 0.531. The molecule has 1 aromatic heterocycles. The molecule has 0 spiro atoms. The molecule has 3 rings (SSSR count). The molecule has 27 heavy (non-hydrogen) atoms. The van der Waals surface area contributed by atoms with E-state index in [1.165, 1.54) is 4.68 Å². The third kappa shape index (κ3) is 4.11.